The van der Waals surface area contributed by atoms with Gasteiger partial charge in [0.2, 0.25) is 0 Å². The Morgan fingerprint density at radius 2 is 1.75 bits per heavy atom. The van der Waals surface area contributed by atoms with Crippen molar-refractivity contribution >= 4 is 16.8 Å². The Bertz CT molecular complexity index is 1220. The Morgan fingerprint density at radius 3 is 2.66 bits per heavy atom. The predicted molar refractivity (Wildman–Crippen MR) is 128 cm³/mol. The molecule has 0 unspecified atom stereocenters. The first-order valence-electron chi connectivity index (χ1n) is 11.1. The Balaban J connectivity index is 1.40. The second kappa shape index (κ2) is 9.33. The first-order valence-corrected chi connectivity index (χ1v) is 11.1. The van der Waals surface area contributed by atoms with Crippen LogP contribution in [-0.4, -0.2) is 42.1 Å². The number of para-hydroxylation sites is 1. The molecule has 0 radical (unpaired) electrons. The minimum absolute atomic E-state index is 0.0657. The second-order valence-corrected chi connectivity index (χ2v) is 8.30. The first-order chi connectivity index (χ1) is 15.8. The molecule has 0 bridgehead atoms. The van der Waals surface area contributed by atoms with Crippen LogP contribution in [-0.2, 0) is 11.2 Å². The van der Waals surface area contributed by atoms with Gasteiger partial charge < -0.3 is 9.64 Å². The molecule has 0 N–H and O–H groups in total. The number of carbonyl (C=O) groups is 1. The van der Waals surface area contributed by atoms with Gasteiger partial charge in [0, 0.05) is 36.2 Å². The summed E-state index contributed by atoms with van der Waals surface area (Å²) in [6.07, 6.45) is 2.67. The maximum absolute atomic E-state index is 13.6. The third-order valence-electron chi connectivity index (χ3n) is 6.09. The number of amides is 1. The number of rotatable bonds is 4. The highest BCUT2D eigenvalue weighted by molar-refractivity contribution is 6.01. The van der Waals surface area contributed by atoms with E-state index in [4.69, 9.17) is 4.74 Å². The molecule has 1 amide bonds. The van der Waals surface area contributed by atoms with Crippen molar-refractivity contribution in [1.29, 1.82) is 0 Å². The molecule has 4 nitrogen and oxygen atoms in total. The van der Waals surface area contributed by atoms with E-state index >= 15 is 0 Å². The van der Waals surface area contributed by atoms with Crippen LogP contribution in [0.5, 0.6) is 0 Å². The van der Waals surface area contributed by atoms with Crippen molar-refractivity contribution in [3.8, 4) is 11.1 Å². The molecular weight excluding hydrogens is 396 g/mol. The van der Waals surface area contributed by atoms with Crippen molar-refractivity contribution in [2.45, 2.75) is 6.42 Å². The van der Waals surface area contributed by atoms with Gasteiger partial charge in [0.25, 0.3) is 5.91 Å². The largest absolute Gasteiger partial charge is 0.379 e. The van der Waals surface area contributed by atoms with Gasteiger partial charge in [-0.15, -0.1) is 0 Å². The molecule has 32 heavy (non-hydrogen) atoms. The molecule has 1 aliphatic heterocycles. The maximum atomic E-state index is 13.6. The number of pyridine rings is 1. The van der Waals surface area contributed by atoms with E-state index in [1.165, 1.54) is 5.56 Å². The number of hydrogen-bond donors (Lipinski definition) is 0. The molecule has 1 aliphatic rings. The number of benzene rings is 3. The summed E-state index contributed by atoms with van der Waals surface area (Å²) < 4.78 is 5.91. The SMILES string of the molecule is O=C(c1ccccc1-c1ccccc1)N1CCOC[C@H](Cc2cccc3cccnc23)C1. The zero-order valence-electron chi connectivity index (χ0n) is 18.0. The van der Waals surface area contributed by atoms with Gasteiger partial charge in [0.05, 0.1) is 18.7 Å². The summed E-state index contributed by atoms with van der Waals surface area (Å²) in [5.41, 5.74) is 5.01. The Morgan fingerprint density at radius 1 is 0.938 bits per heavy atom. The maximum Gasteiger partial charge on any atom is 0.254 e. The molecule has 1 fully saturated rings. The van der Waals surface area contributed by atoms with Crippen LogP contribution in [0.4, 0.5) is 0 Å². The van der Waals surface area contributed by atoms with Gasteiger partial charge in [-0.05, 0) is 35.2 Å². The van der Waals surface area contributed by atoms with E-state index < -0.39 is 0 Å². The van der Waals surface area contributed by atoms with E-state index in [1.807, 2.05) is 71.8 Å². The van der Waals surface area contributed by atoms with Gasteiger partial charge >= 0.3 is 0 Å². The summed E-state index contributed by atoms with van der Waals surface area (Å²) in [7, 11) is 0. The van der Waals surface area contributed by atoms with Crippen LogP contribution in [0.1, 0.15) is 15.9 Å². The lowest BCUT2D eigenvalue weighted by molar-refractivity contribution is 0.0738. The van der Waals surface area contributed by atoms with E-state index in [2.05, 4.69) is 29.2 Å². The molecule has 2 heterocycles. The average Bonchev–Trinajstić information content (AvgIpc) is 3.10. The molecule has 3 aromatic carbocycles. The predicted octanol–water partition coefficient (Wildman–Crippen LogP) is 5.23. The average molecular weight is 423 g/mol. The zero-order valence-corrected chi connectivity index (χ0v) is 18.0. The molecule has 160 valence electrons. The fourth-order valence-electron chi connectivity index (χ4n) is 4.54. The highest BCUT2D eigenvalue weighted by Crippen LogP contribution is 2.26. The lowest BCUT2D eigenvalue weighted by Crippen LogP contribution is -2.36. The van der Waals surface area contributed by atoms with Gasteiger partial charge in [0.15, 0.2) is 0 Å². The lowest BCUT2D eigenvalue weighted by atomic mass is 9.96. The molecule has 0 spiro atoms. The van der Waals surface area contributed by atoms with E-state index in [-0.39, 0.29) is 11.8 Å². The van der Waals surface area contributed by atoms with E-state index in [0.717, 1.165) is 34.0 Å². The van der Waals surface area contributed by atoms with Crippen LogP contribution >= 0.6 is 0 Å². The highest BCUT2D eigenvalue weighted by atomic mass is 16.5. The van der Waals surface area contributed by atoms with Gasteiger partial charge in [-0.2, -0.15) is 0 Å². The lowest BCUT2D eigenvalue weighted by Gasteiger charge is -2.25. The molecular formula is C28H26N2O2. The minimum Gasteiger partial charge on any atom is -0.379 e. The van der Waals surface area contributed by atoms with Gasteiger partial charge in [-0.1, -0.05) is 72.8 Å². The van der Waals surface area contributed by atoms with Crippen molar-refractivity contribution in [3.63, 3.8) is 0 Å². The minimum atomic E-state index is 0.0657. The van der Waals surface area contributed by atoms with Crippen LogP contribution in [0.2, 0.25) is 0 Å². The normalized spacial score (nSPS) is 16.6. The smallest absolute Gasteiger partial charge is 0.254 e. The summed E-state index contributed by atoms with van der Waals surface area (Å²) in [6, 6.07) is 28.3. The van der Waals surface area contributed by atoms with E-state index in [0.29, 0.717) is 26.3 Å². The van der Waals surface area contributed by atoms with Crippen molar-refractivity contribution in [3.05, 3.63) is 102 Å². The third-order valence-corrected chi connectivity index (χ3v) is 6.09. The fraction of sp³-hybridized carbons (Fsp3) is 0.214. The monoisotopic (exact) mass is 422 g/mol. The summed E-state index contributed by atoms with van der Waals surface area (Å²) >= 11 is 0. The van der Waals surface area contributed by atoms with Gasteiger partial charge in [0.1, 0.15) is 0 Å². The summed E-state index contributed by atoms with van der Waals surface area (Å²) in [5, 5.41) is 1.14. The summed E-state index contributed by atoms with van der Waals surface area (Å²) in [6.45, 7) is 2.48. The number of carbonyl (C=O) groups excluding carboxylic acids is 1. The van der Waals surface area contributed by atoms with E-state index in [9.17, 15) is 4.79 Å². The van der Waals surface area contributed by atoms with Gasteiger partial charge in [-0.25, -0.2) is 0 Å². The Kier molecular flexibility index (Phi) is 5.95. The number of nitrogens with zero attached hydrogens (tertiary/aromatic N) is 2. The molecule has 0 aliphatic carbocycles. The topological polar surface area (TPSA) is 42.4 Å². The Labute approximate surface area is 188 Å². The van der Waals surface area contributed by atoms with Crippen LogP contribution < -0.4 is 0 Å². The molecule has 1 atom stereocenters. The summed E-state index contributed by atoms with van der Waals surface area (Å²) in [4.78, 5) is 20.2. The zero-order chi connectivity index (χ0) is 21.8. The van der Waals surface area contributed by atoms with Crippen molar-refractivity contribution in [2.75, 3.05) is 26.3 Å². The molecule has 4 heteroatoms. The van der Waals surface area contributed by atoms with Gasteiger partial charge in [-0.3, -0.25) is 9.78 Å². The molecule has 5 rings (SSSR count). The molecule has 4 aromatic rings. The first kappa shape index (κ1) is 20.4. The standard InChI is InChI=1S/C28H26N2O2/c31-28(26-14-5-4-13-25(26)22-8-2-1-3-9-22)30-16-17-32-20-21(19-30)18-24-11-6-10-23-12-7-15-29-27(23)24/h1-15,21H,16-20H2/t21-/m1/s1. The number of hydrogen-bond acceptors (Lipinski definition) is 3. The number of fused-ring (bicyclic) bond motifs is 1. The number of ether oxygens (including phenoxy) is 1. The third kappa shape index (κ3) is 4.27. The van der Waals surface area contributed by atoms with E-state index in [1.54, 1.807) is 0 Å². The molecule has 0 saturated carbocycles. The summed E-state index contributed by atoms with van der Waals surface area (Å²) in [5.74, 6) is 0.286. The molecule has 1 aromatic heterocycles. The second-order valence-electron chi connectivity index (χ2n) is 8.30. The quantitative estimate of drug-likeness (QED) is 0.452. The Hall–Kier alpha value is -3.50. The van der Waals surface area contributed by atoms with Crippen LogP contribution in [0.25, 0.3) is 22.0 Å². The van der Waals surface area contributed by atoms with Crippen molar-refractivity contribution in [2.24, 2.45) is 5.92 Å². The highest BCUT2D eigenvalue weighted by Gasteiger charge is 2.25. The van der Waals surface area contributed by atoms with Crippen LogP contribution in [0.3, 0.4) is 0 Å². The number of aromatic nitrogens is 1. The van der Waals surface area contributed by atoms with Crippen molar-refractivity contribution in [1.82, 2.24) is 9.88 Å². The van der Waals surface area contributed by atoms with Crippen molar-refractivity contribution < 1.29 is 9.53 Å². The van der Waals surface area contributed by atoms with Crippen LogP contribution in [0, 0.1) is 5.92 Å². The fourth-order valence-corrected chi connectivity index (χ4v) is 4.54. The molecule has 1 saturated heterocycles. The van der Waals surface area contributed by atoms with Crippen LogP contribution in [0.15, 0.2) is 91.1 Å².